The van der Waals surface area contributed by atoms with Crippen molar-refractivity contribution in [3.63, 3.8) is 0 Å². The zero-order chi connectivity index (χ0) is 16.8. The number of aromatic nitrogens is 2. The zero-order valence-corrected chi connectivity index (χ0v) is 14.8. The van der Waals surface area contributed by atoms with Gasteiger partial charge in [0.15, 0.2) is 5.75 Å². The number of amides is 1. The smallest absolute Gasteiger partial charge is 0.326 e. The van der Waals surface area contributed by atoms with Crippen molar-refractivity contribution in [2.45, 2.75) is 19.8 Å². The monoisotopic (exact) mass is 375 g/mol. The largest absolute Gasteiger partial charge is 0.489 e. The SMILES string of the molecule is CCCc1c(Cl)cc(Cl)c(OCCNC(=O)n2ccnc2)c1Cl. The van der Waals surface area contributed by atoms with Crippen molar-refractivity contribution >= 4 is 40.8 Å². The minimum absolute atomic E-state index is 0.229. The molecular formula is C15H16Cl3N3O2. The van der Waals surface area contributed by atoms with Crippen LogP contribution in [0.5, 0.6) is 5.75 Å². The first-order chi connectivity index (χ1) is 11.0. The zero-order valence-electron chi connectivity index (χ0n) is 12.5. The Morgan fingerprint density at radius 3 is 2.78 bits per heavy atom. The standard InChI is InChI=1S/C15H16Cl3N3O2/c1-2-3-10-11(16)8-12(17)14(13(10)18)23-7-5-20-15(22)21-6-4-19-9-21/h4,6,8-9H,2-3,5,7H2,1H3,(H,20,22). The quantitative estimate of drug-likeness (QED) is 0.759. The van der Waals surface area contributed by atoms with E-state index in [2.05, 4.69) is 10.3 Å². The lowest BCUT2D eigenvalue weighted by Gasteiger charge is -2.14. The van der Waals surface area contributed by atoms with Crippen LogP contribution in [-0.4, -0.2) is 28.7 Å². The molecule has 1 N–H and O–H groups in total. The van der Waals surface area contributed by atoms with Crippen LogP contribution in [-0.2, 0) is 6.42 Å². The highest BCUT2D eigenvalue weighted by Gasteiger charge is 2.16. The third kappa shape index (κ3) is 4.53. The number of halogens is 3. The Balaban J connectivity index is 1.95. The van der Waals surface area contributed by atoms with Gasteiger partial charge in [-0.15, -0.1) is 0 Å². The number of ether oxygens (including phenoxy) is 1. The molecule has 1 aromatic heterocycles. The summed E-state index contributed by atoms with van der Waals surface area (Å²) >= 11 is 18.6. The van der Waals surface area contributed by atoms with Crippen LogP contribution in [0, 0.1) is 0 Å². The molecule has 8 heteroatoms. The van der Waals surface area contributed by atoms with Crippen molar-refractivity contribution in [2.24, 2.45) is 0 Å². The highest BCUT2D eigenvalue weighted by molar-refractivity contribution is 6.41. The number of nitrogens with zero attached hydrogens (tertiary/aromatic N) is 2. The van der Waals surface area contributed by atoms with E-state index < -0.39 is 0 Å². The van der Waals surface area contributed by atoms with Gasteiger partial charge in [0, 0.05) is 17.4 Å². The lowest BCUT2D eigenvalue weighted by Crippen LogP contribution is -2.31. The molecule has 0 fully saturated rings. The first-order valence-corrected chi connectivity index (χ1v) is 8.23. The Hall–Kier alpha value is -1.43. The van der Waals surface area contributed by atoms with Gasteiger partial charge in [0.05, 0.1) is 16.6 Å². The van der Waals surface area contributed by atoms with Crippen molar-refractivity contribution in [3.05, 3.63) is 45.4 Å². The molecule has 0 spiro atoms. The van der Waals surface area contributed by atoms with Crippen LogP contribution < -0.4 is 10.1 Å². The van der Waals surface area contributed by atoms with Crippen LogP contribution in [0.2, 0.25) is 15.1 Å². The lowest BCUT2D eigenvalue weighted by atomic mass is 10.1. The summed E-state index contributed by atoms with van der Waals surface area (Å²) in [5.41, 5.74) is 0.817. The van der Waals surface area contributed by atoms with Gasteiger partial charge in [-0.25, -0.2) is 9.78 Å². The van der Waals surface area contributed by atoms with Gasteiger partial charge in [-0.05, 0) is 18.1 Å². The highest BCUT2D eigenvalue weighted by Crippen LogP contribution is 2.40. The number of rotatable bonds is 6. The Kier molecular flexibility index (Phi) is 6.57. The fraction of sp³-hybridized carbons (Fsp3) is 0.333. The predicted molar refractivity (Wildman–Crippen MR) is 92.0 cm³/mol. The third-order valence-corrected chi connectivity index (χ3v) is 4.10. The molecule has 1 amide bonds. The molecule has 0 unspecified atom stereocenters. The highest BCUT2D eigenvalue weighted by atomic mass is 35.5. The predicted octanol–water partition coefficient (Wildman–Crippen LogP) is 4.43. The third-order valence-electron chi connectivity index (χ3n) is 3.09. The van der Waals surface area contributed by atoms with Crippen molar-refractivity contribution in [2.75, 3.05) is 13.2 Å². The first-order valence-electron chi connectivity index (χ1n) is 7.10. The Labute approximate surface area is 149 Å². The van der Waals surface area contributed by atoms with E-state index in [-0.39, 0.29) is 12.6 Å². The number of hydrogen-bond donors (Lipinski definition) is 1. The molecule has 0 radical (unpaired) electrons. The van der Waals surface area contributed by atoms with Gasteiger partial charge in [0.2, 0.25) is 0 Å². The van der Waals surface area contributed by atoms with E-state index in [1.165, 1.54) is 17.1 Å². The molecule has 0 bridgehead atoms. The number of carbonyl (C=O) groups excluding carboxylic acids is 1. The summed E-state index contributed by atoms with van der Waals surface area (Å²) in [6.45, 7) is 2.57. The number of imidazole rings is 1. The normalized spacial score (nSPS) is 10.6. The van der Waals surface area contributed by atoms with E-state index in [1.807, 2.05) is 6.92 Å². The summed E-state index contributed by atoms with van der Waals surface area (Å²) in [5.74, 6) is 0.387. The second-order valence-electron chi connectivity index (χ2n) is 4.76. The topological polar surface area (TPSA) is 56.1 Å². The molecule has 0 aliphatic rings. The Bertz CT molecular complexity index is 675. The summed E-state index contributed by atoms with van der Waals surface area (Å²) in [6, 6.07) is 1.34. The van der Waals surface area contributed by atoms with Gasteiger partial charge in [-0.2, -0.15) is 0 Å². The number of hydrogen-bond acceptors (Lipinski definition) is 3. The molecule has 0 atom stereocenters. The second-order valence-corrected chi connectivity index (χ2v) is 5.95. The minimum Gasteiger partial charge on any atom is -0.489 e. The number of carbonyl (C=O) groups is 1. The maximum atomic E-state index is 11.7. The lowest BCUT2D eigenvalue weighted by molar-refractivity contribution is 0.238. The Morgan fingerprint density at radius 1 is 1.35 bits per heavy atom. The van der Waals surface area contributed by atoms with Gasteiger partial charge < -0.3 is 10.1 Å². The maximum absolute atomic E-state index is 11.7. The summed E-state index contributed by atoms with van der Waals surface area (Å²) < 4.78 is 6.95. The maximum Gasteiger partial charge on any atom is 0.326 e. The van der Waals surface area contributed by atoms with Crippen LogP contribution in [0.1, 0.15) is 18.9 Å². The van der Waals surface area contributed by atoms with Crippen molar-refractivity contribution < 1.29 is 9.53 Å². The first kappa shape index (κ1) is 17.9. The van der Waals surface area contributed by atoms with E-state index in [4.69, 9.17) is 39.5 Å². The molecule has 0 aliphatic carbocycles. The molecule has 1 aromatic carbocycles. The summed E-state index contributed by atoms with van der Waals surface area (Å²) in [5, 5.41) is 3.99. The number of nitrogens with one attached hydrogen (secondary N) is 1. The van der Waals surface area contributed by atoms with E-state index in [9.17, 15) is 4.79 Å². The molecule has 2 rings (SSSR count). The van der Waals surface area contributed by atoms with E-state index in [0.717, 1.165) is 18.4 Å². The average Bonchev–Trinajstić information content (AvgIpc) is 3.04. The summed E-state index contributed by atoms with van der Waals surface area (Å²) in [4.78, 5) is 15.5. The second kappa shape index (κ2) is 8.43. The summed E-state index contributed by atoms with van der Waals surface area (Å²) in [7, 11) is 0. The fourth-order valence-electron chi connectivity index (χ4n) is 2.00. The van der Waals surface area contributed by atoms with E-state index >= 15 is 0 Å². The van der Waals surface area contributed by atoms with E-state index in [0.29, 0.717) is 27.4 Å². The summed E-state index contributed by atoms with van der Waals surface area (Å²) in [6.07, 6.45) is 6.14. The van der Waals surface area contributed by atoms with Crippen molar-refractivity contribution in [3.8, 4) is 5.75 Å². The van der Waals surface area contributed by atoms with Crippen LogP contribution in [0.25, 0.3) is 0 Å². The molecule has 0 aliphatic heterocycles. The van der Waals surface area contributed by atoms with Crippen LogP contribution in [0.3, 0.4) is 0 Å². The van der Waals surface area contributed by atoms with Gasteiger partial charge in [-0.3, -0.25) is 4.57 Å². The van der Waals surface area contributed by atoms with Crippen molar-refractivity contribution in [1.82, 2.24) is 14.9 Å². The fourth-order valence-corrected chi connectivity index (χ4v) is 3.07. The van der Waals surface area contributed by atoms with Gasteiger partial charge >= 0.3 is 6.03 Å². The van der Waals surface area contributed by atoms with Gasteiger partial charge in [0.1, 0.15) is 12.9 Å². The van der Waals surface area contributed by atoms with Crippen molar-refractivity contribution in [1.29, 1.82) is 0 Å². The molecule has 0 saturated carbocycles. The molecule has 124 valence electrons. The van der Waals surface area contributed by atoms with Crippen LogP contribution in [0.15, 0.2) is 24.8 Å². The molecule has 1 heterocycles. The van der Waals surface area contributed by atoms with Gasteiger partial charge in [-0.1, -0.05) is 48.1 Å². The molecule has 0 saturated heterocycles. The van der Waals surface area contributed by atoms with Crippen LogP contribution >= 0.6 is 34.8 Å². The molecule has 5 nitrogen and oxygen atoms in total. The molecular weight excluding hydrogens is 361 g/mol. The average molecular weight is 377 g/mol. The van der Waals surface area contributed by atoms with Gasteiger partial charge in [0.25, 0.3) is 0 Å². The van der Waals surface area contributed by atoms with E-state index in [1.54, 1.807) is 12.3 Å². The Morgan fingerprint density at radius 2 is 2.13 bits per heavy atom. The minimum atomic E-state index is -0.286. The molecule has 2 aromatic rings. The van der Waals surface area contributed by atoms with Crippen LogP contribution in [0.4, 0.5) is 4.79 Å². The molecule has 23 heavy (non-hydrogen) atoms. The number of benzene rings is 1.